The third-order valence-electron chi connectivity index (χ3n) is 4.07. The molecule has 6 heteroatoms. The number of methoxy groups -OCH3 is 2. The number of rotatable bonds is 6. The van der Waals surface area contributed by atoms with Crippen LogP contribution in [0.1, 0.15) is 38.3 Å². The van der Waals surface area contributed by atoms with E-state index in [4.69, 9.17) is 14.2 Å². The molecule has 1 aliphatic rings. The summed E-state index contributed by atoms with van der Waals surface area (Å²) >= 11 is 0. The predicted octanol–water partition coefficient (Wildman–Crippen LogP) is 3.08. The number of hydrogen-bond acceptors (Lipinski definition) is 5. The highest BCUT2D eigenvalue weighted by Gasteiger charge is 2.29. The number of hydrogen-bond donors (Lipinski definition) is 1. The second-order valence-corrected chi connectivity index (χ2v) is 7.19. The fourth-order valence-corrected chi connectivity index (χ4v) is 2.96. The van der Waals surface area contributed by atoms with E-state index < -0.39 is 5.60 Å². The number of amides is 1. The Bertz CT molecular complexity index is 579. The minimum atomic E-state index is -0.508. The summed E-state index contributed by atoms with van der Waals surface area (Å²) in [5.41, 5.74) is 2.73. The van der Waals surface area contributed by atoms with Gasteiger partial charge in [-0.2, -0.15) is 0 Å². The van der Waals surface area contributed by atoms with Crippen molar-refractivity contribution < 1.29 is 19.0 Å². The van der Waals surface area contributed by atoms with Gasteiger partial charge in [-0.1, -0.05) is 18.2 Å². The van der Waals surface area contributed by atoms with E-state index in [-0.39, 0.29) is 12.4 Å². The number of carbonyl (C=O) groups is 1. The number of nitrogens with zero attached hydrogens (tertiary/aromatic N) is 1. The lowest BCUT2D eigenvalue weighted by atomic mass is 9.98. The number of para-hydroxylation sites is 1. The Morgan fingerprint density at radius 3 is 2.64 bits per heavy atom. The monoisotopic (exact) mass is 350 g/mol. The van der Waals surface area contributed by atoms with Crippen LogP contribution in [0.15, 0.2) is 18.2 Å². The Hall–Kier alpha value is -1.63. The molecule has 0 unspecified atom stereocenters. The zero-order chi connectivity index (χ0) is 18.4. The van der Waals surface area contributed by atoms with Crippen LogP contribution in [0.3, 0.4) is 0 Å². The lowest BCUT2D eigenvalue weighted by Crippen LogP contribution is -2.40. The first-order valence-corrected chi connectivity index (χ1v) is 8.73. The van der Waals surface area contributed by atoms with Gasteiger partial charge in [-0.05, 0) is 44.7 Å². The topological polar surface area (TPSA) is 60.0 Å². The number of nitrogens with one attached hydrogen (secondary N) is 1. The van der Waals surface area contributed by atoms with Crippen LogP contribution in [0.5, 0.6) is 0 Å². The van der Waals surface area contributed by atoms with Crippen LogP contribution in [0, 0.1) is 0 Å². The first-order valence-electron chi connectivity index (χ1n) is 8.73. The van der Waals surface area contributed by atoms with E-state index >= 15 is 0 Å². The van der Waals surface area contributed by atoms with Crippen molar-refractivity contribution in [1.82, 2.24) is 5.32 Å². The summed E-state index contributed by atoms with van der Waals surface area (Å²) in [4.78, 5) is 14.4. The zero-order valence-electron chi connectivity index (χ0n) is 15.9. The van der Waals surface area contributed by atoms with E-state index in [2.05, 4.69) is 11.4 Å². The van der Waals surface area contributed by atoms with Gasteiger partial charge < -0.3 is 19.5 Å². The summed E-state index contributed by atoms with van der Waals surface area (Å²) in [6.45, 7) is 7.54. The van der Waals surface area contributed by atoms with Crippen LogP contribution in [0.4, 0.5) is 10.5 Å². The van der Waals surface area contributed by atoms with E-state index in [1.54, 1.807) is 19.1 Å². The van der Waals surface area contributed by atoms with E-state index in [1.165, 1.54) is 5.56 Å². The maximum absolute atomic E-state index is 12.6. The molecule has 1 amide bonds. The second kappa shape index (κ2) is 8.65. The third-order valence-corrected chi connectivity index (χ3v) is 4.07. The van der Waals surface area contributed by atoms with Gasteiger partial charge in [-0.15, -0.1) is 0 Å². The largest absolute Gasteiger partial charge is 0.443 e. The molecule has 0 spiro atoms. The normalized spacial score (nSPS) is 14.6. The average molecular weight is 350 g/mol. The van der Waals surface area contributed by atoms with Gasteiger partial charge in [0.15, 0.2) is 6.29 Å². The van der Waals surface area contributed by atoms with Crippen molar-refractivity contribution in [1.29, 1.82) is 0 Å². The minimum absolute atomic E-state index is 0.285. The number of ether oxygens (including phenoxy) is 3. The number of aryl methyl sites for hydroxylation is 1. The van der Waals surface area contributed by atoms with E-state index in [0.717, 1.165) is 24.1 Å². The fraction of sp³-hybridized carbons (Fsp3) is 0.632. The smallest absolute Gasteiger partial charge is 0.414 e. The van der Waals surface area contributed by atoms with Crippen LogP contribution in [0.2, 0.25) is 0 Å². The molecule has 1 aliphatic heterocycles. The maximum atomic E-state index is 12.6. The minimum Gasteiger partial charge on any atom is -0.443 e. The Labute approximate surface area is 150 Å². The van der Waals surface area contributed by atoms with Crippen molar-refractivity contribution in [2.45, 2.75) is 52.0 Å². The molecule has 1 aromatic rings. The van der Waals surface area contributed by atoms with E-state index in [0.29, 0.717) is 19.6 Å². The van der Waals surface area contributed by atoms with Crippen LogP contribution < -0.4 is 10.2 Å². The molecular formula is C19H30N2O4. The lowest BCUT2D eigenvalue weighted by Gasteiger charge is -2.33. The van der Waals surface area contributed by atoms with Gasteiger partial charge in [-0.25, -0.2) is 4.79 Å². The van der Waals surface area contributed by atoms with Crippen molar-refractivity contribution in [2.75, 3.05) is 32.2 Å². The van der Waals surface area contributed by atoms with Crippen LogP contribution in [-0.4, -0.2) is 45.3 Å². The summed E-state index contributed by atoms with van der Waals surface area (Å²) in [6.07, 6.45) is 1.34. The molecule has 0 radical (unpaired) electrons. The first-order chi connectivity index (χ1) is 11.9. The fourth-order valence-electron chi connectivity index (χ4n) is 2.96. The highest BCUT2D eigenvalue weighted by Crippen LogP contribution is 2.32. The molecular weight excluding hydrogens is 320 g/mol. The van der Waals surface area contributed by atoms with Gasteiger partial charge in [0, 0.05) is 33.9 Å². The van der Waals surface area contributed by atoms with Gasteiger partial charge in [0.05, 0.1) is 5.69 Å². The third kappa shape index (κ3) is 5.42. The molecule has 1 N–H and O–H groups in total. The number of fused-ring (bicyclic) bond motifs is 1. The molecule has 0 aromatic heterocycles. The molecule has 1 aromatic carbocycles. The highest BCUT2D eigenvalue weighted by molar-refractivity contribution is 5.90. The Morgan fingerprint density at radius 2 is 2.00 bits per heavy atom. The Balaban J connectivity index is 2.16. The summed E-state index contributed by atoms with van der Waals surface area (Å²) in [7, 11) is 3.23. The predicted molar refractivity (Wildman–Crippen MR) is 97.9 cm³/mol. The molecule has 0 bridgehead atoms. The zero-order valence-corrected chi connectivity index (χ0v) is 15.9. The maximum Gasteiger partial charge on any atom is 0.414 e. The molecule has 6 nitrogen and oxygen atoms in total. The van der Waals surface area contributed by atoms with Crippen LogP contribution >= 0.6 is 0 Å². The summed E-state index contributed by atoms with van der Waals surface area (Å²) in [5.74, 6) is 0. The Morgan fingerprint density at radius 1 is 1.28 bits per heavy atom. The van der Waals surface area contributed by atoms with Crippen molar-refractivity contribution >= 4 is 11.8 Å². The summed E-state index contributed by atoms with van der Waals surface area (Å²) in [6, 6.07) is 6.17. The molecule has 0 aliphatic carbocycles. The summed E-state index contributed by atoms with van der Waals surface area (Å²) in [5, 5.41) is 3.33. The molecule has 140 valence electrons. The number of carbonyl (C=O) groups excluding carboxylic acids is 1. The SMILES string of the molecule is COC(CNCc1cccc2c1N(C(=O)OC(C)(C)C)CCC2)OC. The lowest BCUT2D eigenvalue weighted by molar-refractivity contribution is -0.0989. The van der Waals surface area contributed by atoms with Crippen molar-refractivity contribution in [2.24, 2.45) is 0 Å². The molecule has 0 saturated carbocycles. The quantitative estimate of drug-likeness (QED) is 0.799. The van der Waals surface area contributed by atoms with Gasteiger partial charge in [0.1, 0.15) is 5.60 Å². The second-order valence-electron chi connectivity index (χ2n) is 7.19. The molecule has 2 rings (SSSR count). The number of benzene rings is 1. The van der Waals surface area contributed by atoms with Crippen LogP contribution in [-0.2, 0) is 27.2 Å². The standard InChI is InChI=1S/C19H30N2O4/c1-19(2,3)25-18(22)21-11-7-10-14-8-6-9-15(17(14)21)12-20-13-16(23-4)24-5/h6,8-9,16,20H,7,10-13H2,1-5H3. The molecule has 0 fully saturated rings. The van der Waals surface area contributed by atoms with Crippen molar-refractivity contribution in [3.8, 4) is 0 Å². The number of anilines is 1. The highest BCUT2D eigenvalue weighted by atomic mass is 16.7. The van der Waals surface area contributed by atoms with Crippen LogP contribution in [0.25, 0.3) is 0 Å². The molecule has 25 heavy (non-hydrogen) atoms. The van der Waals surface area contributed by atoms with Crippen molar-refractivity contribution in [3.63, 3.8) is 0 Å². The van der Waals surface area contributed by atoms with Gasteiger partial charge >= 0.3 is 6.09 Å². The van der Waals surface area contributed by atoms with Gasteiger partial charge in [0.2, 0.25) is 0 Å². The van der Waals surface area contributed by atoms with E-state index in [9.17, 15) is 4.79 Å². The van der Waals surface area contributed by atoms with E-state index in [1.807, 2.05) is 32.9 Å². The Kier molecular flexibility index (Phi) is 6.81. The average Bonchev–Trinajstić information content (AvgIpc) is 2.56. The van der Waals surface area contributed by atoms with Crippen molar-refractivity contribution in [3.05, 3.63) is 29.3 Å². The van der Waals surface area contributed by atoms with Gasteiger partial charge in [-0.3, -0.25) is 4.90 Å². The first kappa shape index (κ1) is 19.7. The molecule has 1 heterocycles. The molecule has 0 atom stereocenters. The van der Waals surface area contributed by atoms with Gasteiger partial charge in [0.25, 0.3) is 0 Å². The summed E-state index contributed by atoms with van der Waals surface area (Å²) < 4.78 is 16.0. The molecule has 0 saturated heterocycles.